The first kappa shape index (κ1) is 28.9. The first-order valence-corrected chi connectivity index (χ1v) is 15.5. The van der Waals surface area contributed by atoms with Crippen LogP contribution < -0.4 is 9.80 Å². The third-order valence-electron chi connectivity index (χ3n) is 9.40. The van der Waals surface area contributed by atoms with Gasteiger partial charge in [0.1, 0.15) is 5.82 Å². The Labute approximate surface area is 255 Å². The number of carboxylic acid groups (broad SMARTS) is 1. The highest BCUT2D eigenvalue weighted by atomic mass is 16.4. The first-order valence-electron chi connectivity index (χ1n) is 15.5. The van der Waals surface area contributed by atoms with Crippen LogP contribution in [0.2, 0.25) is 0 Å². The van der Waals surface area contributed by atoms with Crippen LogP contribution in [0.15, 0.2) is 60.7 Å². The number of carboxylic acids is 1. The topological polar surface area (TPSA) is 69.6 Å². The molecule has 2 aliphatic rings. The van der Waals surface area contributed by atoms with Crippen molar-refractivity contribution in [3.63, 3.8) is 0 Å². The molecule has 43 heavy (non-hydrogen) atoms. The molecule has 1 fully saturated rings. The highest BCUT2D eigenvalue weighted by Crippen LogP contribution is 2.42. The molecule has 4 aromatic rings. The van der Waals surface area contributed by atoms with Crippen LogP contribution >= 0.6 is 0 Å². The number of nitrogens with zero attached hydrogens (tertiary/aromatic N) is 4. The Hall–Kier alpha value is -4.19. The molecule has 0 bridgehead atoms. The summed E-state index contributed by atoms with van der Waals surface area (Å²) in [6.45, 7) is 14.4. The summed E-state index contributed by atoms with van der Waals surface area (Å²) < 4.78 is 0. The summed E-state index contributed by atoms with van der Waals surface area (Å²) in [6.07, 6.45) is 3.07. The molecule has 0 unspecified atom stereocenters. The second-order valence-corrected chi connectivity index (χ2v) is 13.1. The number of rotatable bonds is 6. The second-order valence-electron chi connectivity index (χ2n) is 13.1. The van der Waals surface area contributed by atoms with Crippen molar-refractivity contribution in [2.75, 3.05) is 29.4 Å². The molecule has 0 aliphatic carbocycles. The lowest BCUT2D eigenvalue weighted by Gasteiger charge is -2.40. The second kappa shape index (κ2) is 11.5. The summed E-state index contributed by atoms with van der Waals surface area (Å²) in [6, 6.07) is 21.5. The predicted octanol–water partition coefficient (Wildman–Crippen LogP) is 7.55. The molecule has 0 saturated carbocycles. The zero-order valence-corrected chi connectivity index (χ0v) is 26.1. The van der Waals surface area contributed by atoms with E-state index in [4.69, 9.17) is 9.97 Å². The normalized spacial score (nSPS) is 16.2. The number of hydrogen-bond acceptors (Lipinski definition) is 5. The third-order valence-corrected chi connectivity index (χ3v) is 9.40. The number of carbonyl (C=O) groups is 1. The largest absolute Gasteiger partial charge is 0.481 e. The smallest absolute Gasteiger partial charge is 0.307 e. The van der Waals surface area contributed by atoms with Crippen molar-refractivity contribution in [3.05, 3.63) is 94.3 Å². The Morgan fingerprint density at radius 1 is 0.860 bits per heavy atom. The molecule has 0 amide bonds. The van der Waals surface area contributed by atoms with Crippen LogP contribution in [0.4, 0.5) is 11.5 Å². The van der Waals surface area contributed by atoms with Gasteiger partial charge < -0.3 is 14.9 Å². The molecule has 4 heterocycles. The van der Waals surface area contributed by atoms with Crippen molar-refractivity contribution in [3.8, 4) is 22.4 Å². The van der Waals surface area contributed by atoms with E-state index < -0.39 is 5.97 Å². The van der Waals surface area contributed by atoms with Gasteiger partial charge >= 0.3 is 5.97 Å². The van der Waals surface area contributed by atoms with Crippen LogP contribution in [0.3, 0.4) is 0 Å². The molecule has 6 nitrogen and oxygen atoms in total. The lowest BCUT2D eigenvalue weighted by Crippen LogP contribution is -2.38. The van der Waals surface area contributed by atoms with Crippen molar-refractivity contribution in [2.45, 2.75) is 66.8 Å². The number of fused-ring (bicyclic) bond motifs is 1. The quantitative estimate of drug-likeness (QED) is 0.256. The summed E-state index contributed by atoms with van der Waals surface area (Å²) >= 11 is 0. The van der Waals surface area contributed by atoms with E-state index in [9.17, 15) is 9.90 Å². The van der Waals surface area contributed by atoms with E-state index in [2.05, 4.69) is 98.2 Å². The lowest BCUT2D eigenvalue weighted by atomic mass is 9.82. The molecule has 0 radical (unpaired) electrons. The van der Waals surface area contributed by atoms with E-state index in [1.807, 2.05) is 6.92 Å². The Morgan fingerprint density at radius 3 is 2.37 bits per heavy atom. The van der Waals surface area contributed by atoms with Gasteiger partial charge in [-0.15, -0.1) is 0 Å². The van der Waals surface area contributed by atoms with Gasteiger partial charge in [-0.1, -0.05) is 62.4 Å². The zero-order chi connectivity index (χ0) is 30.3. The van der Waals surface area contributed by atoms with Crippen LogP contribution in [0.5, 0.6) is 0 Å². The van der Waals surface area contributed by atoms with Crippen LogP contribution in [-0.4, -0.2) is 40.7 Å². The molecular formula is C37H42N4O2. The maximum atomic E-state index is 12.0. The number of piperidine rings is 1. The fraction of sp³-hybridized carbons (Fsp3) is 0.378. The first-order chi connectivity index (χ1) is 20.6. The van der Waals surface area contributed by atoms with Crippen molar-refractivity contribution in [2.24, 2.45) is 5.41 Å². The van der Waals surface area contributed by atoms with E-state index >= 15 is 0 Å². The van der Waals surface area contributed by atoms with Crippen molar-refractivity contribution < 1.29 is 9.90 Å². The van der Waals surface area contributed by atoms with E-state index in [0.717, 1.165) is 90.7 Å². The van der Waals surface area contributed by atoms with Crippen molar-refractivity contribution in [1.29, 1.82) is 0 Å². The highest BCUT2D eigenvalue weighted by molar-refractivity contribution is 5.86. The number of benzene rings is 2. The van der Waals surface area contributed by atoms with Crippen LogP contribution in [-0.2, 0) is 24.2 Å². The van der Waals surface area contributed by atoms with Crippen LogP contribution in [0, 0.1) is 26.2 Å². The van der Waals surface area contributed by atoms with Gasteiger partial charge in [0.2, 0.25) is 0 Å². The molecule has 2 aliphatic heterocycles. The number of aliphatic carboxylic acids is 1. The number of anilines is 2. The fourth-order valence-corrected chi connectivity index (χ4v) is 6.78. The minimum absolute atomic E-state index is 0.0180. The molecule has 222 valence electrons. The number of aryl methyl sites for hydroxylation is 3. The van der Waals surface area contributed by atoms with Gasteiger partial charge in [-0.05, 0) is 79.8 Å². The van der Waals surface area contributed by atoms with Gasteiger partial charge in [0, 0.05) is 54.3 Å². The Kier molecular flexibility index (Phi) is 7.72. The molecule has 0 atom stereocenters. The molecule has 1 saturated heterocycles. The standard InChI is InChI=1S/C37H42N4O2/c1-24-9-6-7-10-30(24)32-11-8-12-33(39-32)41-18-15-27-21-28(13-14-29(27)23-41)35-26(3)38-25(2)31(22-34(42)43)36(35)40-19-16-37(4,5)17-20-40/h6-14,21H,15-20,22-23H2,1-5H3,(H,42,43). The van der Waals surface area contributed by atoms with Crippen LogP contribution in [0.25, 0.3) is 22.4 Å². The minimum atomic E-state index is -0.816. The van der Waals surface area contributed by atoms with Gasteiger partial charge in [0.05, 0.1) is 17.8 Å². The third kappa shape index (κ3) is 5.88. The van der Waals surface area contributed by atoms with Gasteiger partial charge in [-0.3, -0.25) is 9.78 Å². The number of hydrogen-bond donors (Lipinski definition) is 1. The molecule has 1 N–H and O–H groups in total. The van der Waals surface area contributed by atoms with Gasteiger partial charge in [-0.25, -0.2) is 4.98 Å². The van der Waals surface area contributed by atoms with E-state index in [1.165, 1.54) is 22.3 Å². The summed E-state index contributed by atoms with van der Waals surface area (Å²) in [5, 5.41) is 9.84. The lowest BCUT2D eigenvalue weighted by molar-refractivity contribution is -0.136. The van der Waals surface area contributed by atoms with E-state index in [0.29, 0.717) is 5.41 Å². The maximum absolute atomic E-state index is 12.0. The monoisotopic (exact) mass is 574 g/mol. The maximum Gasteiger partial charge on any atom is 0.307 e. The van der Waals surface area contributed by atoms with Crippen molar-refractivity contribution in [1.82, 2.24) is 9.97 Å². The van der Waals surface area contributed by atoms with Gasteiger partial charge in [-0.2, -0.15) is 0 Å². The Morgan fingerprint density at radius 2 is 1.63 bits per heavy atom. The van der Waals surface area contributed by atoms with Gasteiger partial charge in [0.25, 0.3) is 0 Å². The average Bonchev–Trinajstić information content (AvgIpc) is 2.98. The molecule has 0 spiro atoms. The predicted molar refractivity (Wildman–Crippen MR) is 175 cm³/mol. The SMILES string of the molecule is Cc1ccccc1-c1cccc(N2CCc3cc(-c4c(C)nc(C)c(CC(=O)O)c4N4CCC(C)(C)CC4)ccc3C2)n1. The number of pyridine rings is 2. The molecular weight excluding hydrogens is 532 g/mol. The number of aromatic nitrogens is 2. The van der Waals surface area contributed by atoms with Gasteiger partial charge in [0.15, 0.2) is 0 Å². The zero-order valence-electron chi connectivity index (χ0n) is 26.1. The highest BCUT2D eigenvalue weighted by Gasteiger charge is 2.30. The molecule has 6 rings (SSSR count). The Bertz CT molecular complexity index is 1680. The summed E-state index contributed by atoms with van der Waals surface area (Å²) in [7, 11) is 0. The fourth-order valence-electron chi connectivity index (χ4n) is 6.78. The van der Waals surface area contributed by atoms with E-state index in [1.54, 1.807) is 0 Å². The van der Waals surface area contributed by atoms with Crippen LogP contribution in [0.1, 0.15) is 60.3 Å². The Balaban J connectivity index is 1.34. The average molecular weight is 575 g/mol. The van der Waals surface area contributed by atoms with Crippen molar-refractivity contribution >= 4 is 17.5 Å². The summed E-state index contributed by atoms with van der Waals surface area (Å²) in [4.78, 5) is 26.7. The van der Waals surface area contributed by atoms with E-state index in [-0.39, 0.29) is 6.42 Å². The summed E-state index contributed by atoms with van der Waals surface area (Å²) in [5.41, 5.74) is 12.2. The molecule has 2 aromatic heterocycles. The summed E-state index contributed by atoms with van der Waals surface area (Å²) in [5.74, 6) is 0.187. The molecule has 6 heteroatoms. The minimum Gasteiger partial charge on any atom is -0.481 e. The molecule has 2 aromatic carbocycles.